The van der Waals surface area contributed by atoms with E-state index in [4.69, 9.17) is 4.89 Å². The van der Waals surface area contributed by atoms with E-state index in [9.17, 15) is 4.57 Å². The third-order valence-corrected chi connectivity index (χ3v) is 0.881. The minimum absolute atomic E-state index is 0. The van der Waals surface area contributed by atoms with Gasteiger partial charge in [-0.25, -0.2) is 0 Å². The molecule has 0 heterocycles. The molecule has 0 aliphatic rings. The zero-order valence-electron chi connectivity index (χ0n) is 4.18. The Labute approximate surface area is 190 Å². The van der Waals surface area contributed by atoms with Crippen LogP contribution in [-0.2, 0) is 9.09 Å². The summed E-state index contributed by atoms with van der Waals surface area (Å²) in [4.78, 5) is 8.01. The van der Waals surface area contributed by atoms with Crippen molar-refractivity contribution in [1.29, 1.82) is 0 Å². The molecule has 1 N–H and O–H groups in total. The van der Waals surface area contributed by atoms with Crippen LogP contribution in [-0.4, -0.2) is 166 Å². The predicted molar refractivity (Wildman–Crippen MR) is 48.9 cm³/mol. The van der Waals surface area contributed by atoms with Crippen LogP contribution in [0.3, 0.4) is 0 Å². The standard InChI is InChI=1S/C3H9O3P.3K.3H/c1-2-3-6-7(4)5;;;;;;/h7H,2-3H2,1H3,(H,4,5);;;;;;. The van der Waals surface area contributed by atoms with Gasteiger partial charge in [0.1, 0.15) is 0 Å². The van der Waals surface area contributed by atoms with Crippen LogP contribution in [0.4, 0.5) is 0 Å². The van der Waals surface area contributed by atoms with Gasteiger partial charge in [-0.15, -0.1) is 0 Å². The van der Waals surface area contributed by atoms with Gasteiger partial charge in [-0.05, 0) is 6.42 Å². The van der Waals surface area contributed by atoms with E-state index in [-0.39, 0.29) is 154 Å². The Morgan fingerprint density at radius 1 is 1.40 bits per heavy atom. The van der Waals surface area contributed by atoms with Gasteiger partial charge >= 0.3 is 162 Å². The molecule has 0 fully saturated rings. The van der Waals surface area contributed by atoms with Gasteiger partial charge in [-0.3, -0.25) is 4.57 Å². The normalized spacial score (nSPS) is 9.80. The summed E-state index contributed by atoms with van der Waals surface area (Å²) in [5.74, 6) is 0. The molecule has 0 spiro atoms. The van der Waals surface area contributed by atoms with Crippen molar-refractivity contribution < 1.29 is 14.0 Å². The van der Waals surface area contributed by atoms with Crippen LogP contribution in [0, 0.1) is 0 Å². The molecule has 0 aromatic rings. The zero-order chi connectivity index (χ0) is 5.70. The summed E-state index contributed by atoms with van der Waals surface area (Å²) in [7, 11) is -2.65. The van der Waals surface area contributed by atoms with Gasteiger partial charge in [0.05, 0.1) is 6.61 Å². The van der Waals surface area contributed by atoms with Crippen LogP contribution in [0.5, 0.6) is 0 Å². The Morgan fingerprint density at radius 3 is 1.90 bits per heavy atom. The zero-order valence-corrected chi connectivity index (χ0v) is 5.18. The van der Waals surface area contributed by atoms with Gasteiger partial charge in [0.25, 0.3) is 0 Å². The van der Waals surface area contributed by atoms with E-state index in [0.717, 1.165) is 6.42 Å². The Bertz CT molecular complexity index is 72.0. The van der Waals surface area contributed by atoms with E-state index in [0.29, 0.717) is 6.61 Å². The van der Waals surface area contributed by atoms with Crippen molar-refractivity contribution in [2.75, 3.05) is 6.61 Å². The molecule has 1 atom stereocenters. The van der Waals surface area contributed by atoms with Crippen molar-refractivity contribution in [2.45, 2.75) is 13.3 Å². The first-order chi connectivity index (χ1) is 3.27. The fourth-order valence-corrected chi connectivity index (χ4v) is 0.568. The van der Waals surface area contributed by atoms with Crippen molar-refractivity contribution in [3.05, 3.63) is 0 Å². The summed E-state index contributed by atoms with van der Waals surface area (Å²) < 4.78 is 14.0. The van der Waals surface area contributed by atoms with E-state index >= 15 is 0 Å². The summed E-state index contributed by atoms with van der Waals surface area (Å²) >= 11 is 0. The molecule has 0 aromatic heterocycles. The van der Waals surface area contributed by atoms with E-state index in [1.54, 1.807) is 0 Å². The van der Waals surface area contributed by atoms with Gasteiger partial charge in [0, 0.05) is 0 Å². The SMILES string of the molecule is CCCO[PH](=O)O.[KH].[KH].[KH]. The Hall–Kier alpha value is 5.06. The molecule has 1 unspecified atom stereocenters. The molecule has 0 aliphatic carbocycles. The summed E-state index contributed by atoms with van der Waals surface area (Å²) in [5.41, 5.74) is 0. The number of hydrogen-bond donors (Lipinski definition) is 1. The Balaban J connectivity index is -0.0000000600. The molecule has 0 amide bonds. The van der Waals surface area contributed by atoms with Crippen molar-refractivity contribution in [3.63, 3.8) is 0 Å². The van der Waals surface area contributed by atoms with Gasteiger partial charge in [-0.2, -0.15) is 0 Å². The van der Waals surface area contributed by atoms with Crippen LogP contribution in [0.25, 0.3) is 0 Å². The fourth-order valence-electron chi connectivity index (χ4n) is 0.189. The molecule has 10 heavy (non-hydrogen) atoms. The minimum atomic E-state index is -2.65. The molecular weight excluding hydrogens is 232 g/mol. The molecule has 0 saturated heterocycles. The van der Waals surface area contributed by atoms with Gasteiger partial charge < -0.3 is 9.42 Å². The summed E-state index contributed by atoms with van der Waals surface area (Å²) in [6.45, 7) is 2.26. The first kappa shape index (κ1) is 24.3. The number of rotatable bonds is 3. The monoisotopic (exact) mass is 244 g/mol. The third-order valence-electron chi connectivity index (χ3n) is 0.430. The van der Waals surface area contributed by atoms with Crippen molar-refractivity contribution in [1.82, 2.24) is 0 Å². The van der Waals surface area contributed by atoms with Crippen LogP contribution >= 0.6 is 8.25 Å². The molecule has 0 bridgehead atoms. The van der Waals surface area contributed by atoms with Gasteiger partial charge in [0.15, 0.2) is 0 Å². The second kappa shape index (κ2) is 19.6. The van der Waals surface area contributed by atoms with E-state index in [1.165, 1.54) is 0 Å². The quantitative estimate of drug-likeness (QED) is 0.504. The van der Waals surface area contributed by atoms with E-state index < -0.39 is 8.25 Å². The second-order valence-electron chi connectivity index (χ2n) is 1.11. The predicted octanol–water partition coefficient (Wildman–Crippen LogP) is -1.15. The Kier molecular flexibility index (Phi) is 47.7. The van der Waals surface area contributed by atoms with Crippen molar-refractivity contribution >= 4 is 162 Å². The van der Waals surface area contributed by atoms with Gasteiger partial charge in [-0.1, -0.05) is 6.92 Å². The Morgan fingerprint density at radius 2 is 1.80 bits per heavy atom. The summed E-state index contributed by atoms with van der Waals surface area (Å²) in [6, 6.07) is 0. The average molecular weight is 244 g/mol. The summed E-state index contributed by atoms with van der Waals surface area (Å²) in [5, 5.41) is 0. The molecular formula is C3H12K3O3P. The van der Waals surface area contributed by atoms with Crippen LogP contribution < -0.4 is 0 Å². The third kappa shape index (κ3) is 23.1. The van der Waals surface area contributed by atoms with E-state index in [1.807, 2.05) is 6.92 Å². The van der Waals surface area contributed by atoms with Gasteiger partial charge in [0.2, 0.25) is 0 Å². The first-order valence-corrected chi connectivity index (χ1v) is 3.39. The topological polar surface area (TPSA) is 46.5 Å². The number of hydrogen-bond acceptors (Lipinski definition) is 2. The molecule has 3 nitrogen and oxygen atoms in total. The van der Waals surface area contributed by atoms with Crippen molar-refractivity contribution in [3.8, 4) is 0 Å². The van der Waals surface area contributed by atoms with Crippen molar-refractivity contribution in [2.24, 2.45) is 0 Å². The molecule has 0 saturated carbocycles. The average Bonchev–Trinajstić information content (AvgIpc) is 1.61. The fraction of sp³-hybridized carbons (Fsp3) is 1.00. The molecule has 0 aliphatic heterocycles. The molecule has 0 aromatic carbocycles. The van der Waals surface area contributed by atoms with E-state index in [2.05, 4.69) is 4.52 Å². The molecule has 0 rings (SSSR count). The molecule has 7 heteroatoms. The maximum absolute atomic E-state index is 9.72. The van der Waals surface area contributed by atoms with Crippen LogP contribution in [0.2, 0.25) is 0 Å². The second-order valence-corrected chi connectivity index (χ2v) is 1.93. The molecule has 0 radical (unpaired) electrons. The maximum atomic E-state index is 9.72. The first-order valence-electron chi connectivity index (χ1n) is 2.13. The van der Waals surface area contributed by atoms with Crippen LogP contribution in [0.15, 0.2) is 0 Å². The summed E-state index contributed by atoms with van der Waals surface area (Å²) in [6.07, 6.45) is 0.789. The van der Waals surface area contributed by atoms with Crippen LogP contribution in [0.1, 0.15) is 13.3 Å². The molecule has 50 valence electrons.